The van der Waals surface area contributed by atoms with Crippen LogP contribution in [0, 0.1) is 5.92 Å². The maximum atomic E-state index is 2.45. The van der Waals surface area contributed by atoms with Crippen molar-refractivity contribution in [1.82, 2.24) is 4.57 Å². The van der Waals surface area contributed by atoms with Crippen molar-refractivity contribution in [2.24, 2.45) is 13.0 Å². The lowest BCUT2D eigenvalue weighted by atomic mass is 9.93. The van der Waals surface area contributed by atoms with Gasteiger partial charge in [0.25, 0.3) is 0 Å². The lowest BCUT2D eigenvalue weighted by molar-refractivity contribution is 0.650. The van der Waals surface area contributed by atoms with Crippen molar-refractivity contribution in [2.45, 2.75) is 20.3 Å². The highest BCUT2D eigenvalue weighted by molar-refractivity contribution is 6.25. The van der Waals surface area contributed by atoms with Gasteiger partial charge in [-0.1, -0.05) is 68.4 Å². The topological polar surface area (TPSA) is 4.93 Å². The molecule has 0 aliphatic carbocycles. The van der Waals surface area contributed by atoms with Gasteiger partial charge in [-0.3, -0.25) is 0 Å². The van der Waals surface area contributed by atoms with E-state index < -0.39 is 0 Å². The fraction of sp³-hybridized carbons (Fsp3) is 0.200. The Hall–Kier alpha value is -2.80. The van der Waals surface area contributed by atoms with Gasteiger partial charge >= 0.3 is 0 Å². The second kappa shape index (κ2) is 5.60. The molecule has 0 radical (unpaired) electrons. The van der Waals surface area contributed by atoms with Crippen molar-refractivity contribution in [3.05, 3.63) is 72.3 Å². The van der Waals surface area contributed by atoms with Crippen LogP contribution in [-0.4, -0.2) is 4.57 Å². The Bertz CT molecular complexity index is 1290. The summed E-state index contributed by atoms with van der Waals surface area (Å²) in [5, 5.41) is 8.18. The van der Waals surface area contributed by atoms with E-state index in [0.29, 0.717) is 5.92 Å². The van der Waals surface area contributed by atoms with E-state index in [1.165, 1.54) is 48.9 Å². The largest absolute Gasteiger partial charge is 0.343 e. The van der Waals surface area contributed by atoms with Crippen LogP contribution in [0.3, 0.4) is 0 Å². The van der Waals surface area contributed by atoms with Crippen LogP contribution in [0.5, 0.6) is 0 Å². The monoisotopic (exact) mass is 337 g/mol. The Morgan fingerprint density at radius 1 is 0.769 bits per heavy atom. The van der Waals surface area contributed by atoms with Crippen molar-refractivity contribution in [3.8, 4) is 0 Å². The van der Waals surface area contributed by atoms with Gasteiger partial charge in [0.2, 0.25) is 0 Å². The summed E-state index contributed by atoms with van der Waals surface area (Å²) in [6, 6.07) is 24.6. The van der Waals surface area contributed by atoms with Crippen LogP contribution in [0.4, 0.5) is 0 Å². The summed E-state index contributed by atoms with van der Waals surface area (Å²) in [5.74, 6) is 0.641. The predicted molar refractivity (Wildman–Crippen MR) is 114 cm³/mol. The molecule has 0 atom stereocenters. The average Bonchev–Trinajstić information content (AvgIpc) is 2.94. The van der Waals surface area contributed by atoms with Gasteiger partial charge in [0.15, 0.2) is 0 Å². The molecule has 1 aromatic heterocycles. The lowest BCUT2D eigenvalue weighted by Crippen LogP contribution is -1.96. The third-order valence-electron chi connectivity index (χ3n) is 5.60. The number of nitrogens with zero attached hydrogens (tertiary/aromatic N) is 1. The quantitative estimate of drug-likeness (QED) is 0.332. The third kappa shape index (κ3) is 2.10. The molecule has 1 heteroatoms. The minimum atomic E-state index is 0.641. The highest BCUT2D eigenvalue weighted by Crippen LogP contribution is 2.39. The Kier molecular flexibility index (Phi) is 3.33. The molecule has 4 aromatic carbocycles. The molecular formula is C25H23N. The molecule has 0 N–H and O–H groups in total. The molecule has 1 nitrogen and oxygen atoms in total. The molecule has 0 fully saturated rings. The molecule has 26 heavy (non-hydrogen) atoms. The van der Waals surface area contributed by atoms with Gasteiger partial charge < -0.3 is 4.57 Å². The zero-order valence-electron chi connectivity index (χ0n) is 15.6. The van der Waals surface area contributed by atoms with Crippen molar-refractivity contribution < 1.29 is 0 Å². The number of fused-ring (bicyclic) bond motifs is 7. The summed E-state index contributed by atoms with van der Waals surface area (Å²) < 4.78 is 2.37. The molecule has 128 valence electrons. The average molecular weight is 337 g/mol. The summed E-state index contributed by atoms with van der Waals surface area (Å²) in [4.78, 5) is 0. The van der Waals surface area contributed by atoms with E-state index in [0.717, 1.165) is 6.42 Å². The van der Waals surface area contributed by atoms with Crippen LogP contribution >= 0.6 is 0 Å². The van der Waals surface area contributed by atoms with Crippen molar-refractivity contribution in [3.63, 3.8) is 0 Å². The Balaban J connectivity index is 2.06. The molecule has 0 saturated carbocycles. The summed E-state index contributed by atoms with van der Waals surface area (Å²) in [6.07, 6.45) is 1.11. The van der Waals surface area contributed by atoms with Crippen LogP contribution in [0.25, 0.3) is 43.4 Å². The number of aryl methyl sites for hydroxylation is 1. The van der Waals surface area contributed by atoms with Gasteiger partial charge in [0.05, 0.1) is 5.52 Å². The standard InChI is InChI=1S/C25H23N/c1-16(2)14-18-15-22-24-20-10-5-4-8-17(20)12-13-23(24)26(3)25(22)21-11-7-6-9-19(18)21/h4-13,15-16H,14H2,1-3H3. The van der Waals surface area contributed by atoms with E-state index in [1.807, 2.05) is 0 Å². The molecular weight excluding hydrogens is 314 g/mol. The highest BCUT2D eigenvalue weighted by atomic mass is 14.9. The SMILES string of the molecule is CC(C)Cc1cc2c3c4ccccc4ccc3n(C)c2c2ccccc12. The van der Waals surface area contributed by atoms with E-state index in [9.17, 15) is 0 Å². The molecule has 5 aromatic rings. The van der Waals surface area contributed by atoms with E-state index in [1.54, 1.807) is 0 Å². The molecule has 0 aliphatic heterocycles. The Morgan fingerprint density at radius 2 is 1.46 bits per heavy atom. The fourth-order valence-electron chi connectivity index (χ4n) is 4.54. The van der Waals surface area contributed by atoms with Crippen LogP contribution in [0.15, 0.2) is 66.7 Å². The number of rotatable bonds is 2. The lowest BCUT2D eigenvalue weighted by Gasteiger charge is -2.11. The maximum absolute atomic E-state index is 2.45. The van der Waals surface area contributed by atoms with Crippen LogP contribution < -0.4 is 0 Å². The van der Waals surface area contributed by atoms with Crippen molar-refractivity contribution >= 4 is 43.4 Å². The van der Waals surface area contributed by atoms with E-state index >= 15 is 0 Å². The van der Waals surface area contributed by atoms with E-state index in [2.05, 4.69) is 92.2 Å². The van der Waals surface area contributed by atoms with Crippen LogP contribution in [0.2, 0.25) is 0 Å². The number of aromatic nitrogens is 1. The first-order chi connectivity index (χ1) is 12.6. The zero-order chi connectivity index (χ0) is 17.8. The molecule has 5 rings (SSSR count). The number of benzene rings is 4. The minimum Gasteiger partial charge on any atom is -0.343 e. The zero-order valence-corrected chi connectivity index (χ0v) is 15.6. The second-order valence-electron chi connectivity index (χ2n) is 7.82. The molecule has 0 bridgehead atoms. The van der Waals surface area contributed by atoms with Gasteiger partial charge in [-0.05, 0) is 46.2 Å². The molecule has 0 unspecified atom stereocenters. The van der Waals surface area contributed by atoms with Gasteiger partial charge in [0, 0.05) is 28.7 Å². The highest BCUT2D eigenvalue weighted by Gasteiger charge is 2.16. The third-order valence-corrected chi connectivity index (χ3v) is 5.60. The van der Waals surface area contributed by atoms with Crippen molar-refractivity contribution in [1.29, 1.82) is 0 Å². The van der Waals surface area contributed by atoms with Crippen molar-refractivity contribution in [2.75, 3.05) is 0 Å². The fourth-order valence-corrected chi connectivity index (χ4v) is 4.54. The molecule has 0 spiro atoms. The second-order valence-corrected chi connectivity index (χ2v) is 7.82. The Labute approximate surface area is 153 Å². The summed E-state index contributed by atoms with van der Waals surface area (Å²) >= 11 is 0. The number of hydrogen-bond donors (Lipinski definition) is 0. The van der Waals surface area contributed by atoms with Gasteiger partial charge in [-0.15, -0.1) is 0 Å². The molecule has 1 heterocycles. The van der Waals surface area contributed by atoms with Gasteiger partial charge in [-0.2, -0.15) is 0 Å². The summed E-state index contributed by atoms with van der Waals surface area (Å²) in [6.45, 7) is 4.61. The summed E-state index contributed by atoms with van der Waals surface area (Å²) in [5.41, 5.74) is 4.12. The van der Waals surface area contributed by atoms with Crippen LogP contribution in [-0.2, 0) is 13.5 Å². The smallest absolute Gasteiger partial charge is 0.0568 e. The first kappa shape index (κ1) is 15.5. The van der Waals surface area contributed by atoms with E-state index in [-0.39, 0.29) is 0 Å². The predicted octanol–water partition coefficient (Wildman–Crippen LogP) is 6.84. The van der Waals surface area contributed by atoms with Gasteiger partial charge in [-0.25, -0.2) is 0 Å². The number of hydrogen-bond acceptors (Lipinski definition) is 0. The summed E-state index contributed by atoms with van der Waals surface area (Å²) in [7, 11) is 2.20. The molecule has 0 saturated heterocycles. The first-order valence-corrected chi connectivity index (χ1v) is 9.45. The maximum Gasteiger partial charge on any atom is 0.0568 e. The minimum absolute atomic E-state index is 0.641. The molecule has 0 aliphatic rings. The first-order valence-electron chi connectivity index (χ1n) is 9.45. The Morgan fingerprint density at radius 3 is 2.23 bits per heavy atom. The normalized spacial score (nSPS) is 12.2. The molecule has 0 amide bonds. The van der Waals surface area contributed by atoms with E-state index in [4.69, 9.17) is 0 Å². The van der Waals surface area contributed by atoms with Crippen LogP contribution in [0.1, 0.15) is 19.4 Å². The van der Waals surface area contributed by atoms with Gasteiger partial charge in [0.1, 0.15) is 0 Å².